The van der Waals surface area contributed by atoms with Crippen LogP contribution in [0.4, 0.5) is 8.78 Å². The Balaban J connectivity index is 1.76. The van der Waals surface area contributed by atoms with Crippen LogP contribution in [0.3, 0.4) is 0 Å². The molecule has 0 spiro atoms. The Kier molecular flexibility index (Phi) is 4.77. The molecule has 28 heavy (non-hydrogen) atoms. The maximum Gasteiger partial charge on any atom is 0.143 e. The van der Waals surface area contributed by atoms with E-state index in [1.807, 2.05) is 25.1 Å². The first kappa shape index (κ1) is 18.1. The Morgan fingerprint density at radius 3 is 2.57 bits per heavy atom. The van der Waals surface area contributed by atoms with Crippen LogP contribution < -0.4 is 0 Å². The molecule has 0 saturated heterocycles. The Bertz CT molecular complexity index is 1110. The number of rotatable bonds is 5. The quantitative estimate of drug-likeness (QED) is 0.486. The summed E-state index contributed by atoms with van der Waals surface area (Å²) < 4.78 is 31.8. The first-order valence-corrected chi connectivity index (χ1v) is 9.16. The summed E-state index contributed by atoms with van der Waals surface area (Å²) in [6.07, 6.45) is 3.34. The predicted molar refractivity (Wildman–Crippen MR) is 105 cm³/mol. The lowest BCUT2D eigenvalue weighted by molar-refractivity contribution is 0.599. The number of imidazole rings is 2. The molecule has 4 rings (SSSR count). The molecular weight excluding hydrogens is 358 g/mol. The van der Waals surface area contributed by atoms with E-state index in [-0.39, 0.29) is 5.56 Å². The molecule has 0 fully saturated rings. The van der Waals surface area contributed by atoms with E-state index in [0.29, 0.717) is 12.4 Å². The Labute approximate surface area is 162 Å². The zero-order valence-electron chi connectivity index (χ0n) is 15.7. The molecule has 0 unspecified atom stereocenters. The third-order valence-corrected chi connectivity index (χ3v) is 4.78. The molecule has 2 heterocycles. The van der Waals surface area contributed by atoms with E-state index in [2.05, 4.69) is 28.6 Å². The molecule has 6 heteroatoms. The van der Waals surface area contributed by atoms with Crippen molar-refractivity contribution >= 4 is 0 Å². The predicted octanol–water partition coefficient (Wildman–Crippen LogP) is 5.07. The monoisotopic (exact) mass is 378 g/mol. The van der Waals surface area contributed by atoms with Crippen molar-refractivity contribution in [1.29, 1.82) is 0 Å². The van der Waals surface area contributed by atoms with Crippen LogP contribution in [0.15, 0.2) is 60.9 Å². The second kappa shape index (κ2) is 7.38. The molecule has 0 aliphatic heterocycles. The summed E-state index contributed by atoms with van der Waals surface area (Å²) in [6, 6.07) is 13.5. The smallest absolute Gasteiger partial charge is 0.143 e. The summed E-state index contributed by atoms with van der Waals surface area (Å²) in [5.74, 6) is 0.216. The van der Waals surface area contributed by atoms with Gasteiger partial charge >= 0.3 is 0 Å². The van der Waals surface area contributed by atoms with Gasteiger partial charge in [0, 0.05) is 24.5 Å². The summed E-state index contributed by atoms with van der Waals surface area (Å²) in [6.45, 7) is 5.21. The number of nitrogens with zero attached hydrogens (tertiary/aromatic N) is 4. The maximum atomic E-state index is 14.2. The molecule has 0 amide bonds. The highest BCUT2D eigenvalue weighted by atomic mass is 19.1. The molecule has 0 atom stereocenters. The van der Waals surface area contributed by atoms with Gasteiger partial charge in [0.05, 0.1) is 23.5 Å². The van der Waals surface area contributed by atoms with Gasteiger partial charge in [-0.3, -0.25) is 0 Å². The van der Waals surface area contributed by atoms with Gasteiger partial charge < -0.3 is 9.13 Å². The van der Waals surface area contributed by atoms with Gasteiger partial charge in [0.2, 0.25) is 0 Å². The van der Waals surface area contributed by atoms with Crippen molar-refractivity contribution < 1.29 is 8.78 Å². The fraction of sp³-hybridized carbons (Fsp3) is 0.182. The number of hydrogen-bond acceptors (Lipinski definition) is 2. The summed E-state index contributed by atoms with van der Waals surface area (Å²) in [4.78, 5) is 9.00. The van der Waals surface area contributed by atoms with Crippen molar-refractivity contribution in [2.75, 3.05) is 0 Å². The van der Waals surface area contributed by atoms with Crippen LogP contribution in [-0.4, -0.2) is 19.1 Å². The highest BCUT2D eigenvalue weighted by Crippen LogP contribution is 2.27. The topological polar surface area (TPSA) is 35.6 Å². The lowest BCUT2D eigenvalue weighted by Crippen LogP contribution is -2.10. The van der Waals surface area contributed by atoms with Gasteiger partial charge in [0.1, 0.15) is 23.3 Å². The van der Waals surface area contributed by atoms with E-state index in [1.54, 1.807) is 17.0 Å². The summed E-state index contributed by atoms with van der Waals surface area (Å²) in [5, 5.41) is 0. The van der Waals surface area contributed by atoms with Crippen LogP contribution in [0.2, 0.25) is 0 Å². The molecule has 0 aliphatic carbocycles. The Morgan fingerprint density at radius 1 is 1.04 bits per heavy atom. The van der Waals surface area contributed by atoms with Gasteiger partial charge in [-0.1, -0.05) is 30.3 Å². The van der Waals surface area contributed by atoms with Crippen LogP contribution in [0.1, 0.15) is 18.4 Å². The molecule has 142 valence electrons. The highest BCUT2D eigenvalue weighted by molar-refractivity contribution is 5.63. The minimum atomic E-state index is -0.506. The minimum Gasteiger partial charge on any atom is -0.327 e. The average molecular weight is 378 g/mol. The highest BCUT2D eigenvalue weighted by Gasteiger charge is 2.18. The van der Waals surface area contributed by atoms with Gasteiger partial charge in [-0.25, -0.2) is 18.7 Å². The summed E-state index contributed by atoms with van der Waals surface area (Å²) >= 11 is 0. The lowest BCUT2D eigenvalue weighted by Gasteiger charge is -2.12. The first-order chi connectivity index (χ1) is 13.6. The molecule has 0 bridgehead atoms. The molecule has 2 aromatic heterocycles. The van der Waals surface area contributed by atoms with Crippen LogP contribution in [0, 0.1) is 18.6 Å². The first-order valence-electron chi connectivity index (χ1n) is 9.16. The fourth-order valence-electron chi connectivity index (χ4n) is 3.56. The van der Waals surface area contributed by atoms with E-state index in [1.165, 1.54) is 6.07 Å². The molecule has 4 aromatic rings. The van der Waals surface area contributed by atoms with E-state index in [9.17, 15) is 8.78 Å². The average Bonchev–Trinajstić information content (AvgIpc) is 3.28. The molecular formula is C22H20F2N4. The molecule has 4 nitrogen and oxygen atoms in total. The van der Waals surface area contributed by atoms with Crippen molar-refractivity contribution in [3.05, 3.63) is 84.1 Å². The summed E-state index contributed by atoms with van der Waals surface area (Å²) in [5.41, 5.74) is 3.24. The Hall–Kier alpha value is -3.28. The second-order valence-electron chi connectivity index (χ2n) is 6.58. The van der Waals surface area contributed by atoms with Crippen LogP contribution in [0.25, 0.3) is 22.6 Å². The Morgan fingerprint density at radius 2 is 1.82 bits per heavy atom. The van der Waals surface area contributed by atoms with Gasteiger partial charge in [0.25, 0.3) is 0 Å². The standard InChI is InChI=1S/C22H20F2N4/c1-3-28-20(26-15(2)21(28)16-7-5-4-6-8-16)14-27-12-11-25-22(27)18-13-17(23)9-10-19(18)24/h4-13H,3,14H2,1-2H3. The van der Waals surface area contributed by atoms with Crippen molar-refractivity contribution in [3.8, 4) is 22.6 Å². The number of benzene rings is 2. The van der Waals surface area contributed by atoms with Crippen LogP contribution in [0.5, 0.6) is 0 Å². The fourth-order valence-corrected chi connectivity index (χ4v) is 3.56. The molecule has 0 saturated carbocycles. The largest absolute Gasteiger partial charge is 0.327 e. The number of hydrogen-bond donors (Lipinski definition) is 0. The van der Waals surface area contributed by atoms with E-state index in [4.69, 9.17) is 4.98 Å². The van der Waals surface area contributed by atoms with Gasteiger partial charge in [-0.2, -0.15) is 0 Å². The molecule has 0 radical (unpaired) electrons. The van der Waals surface area contributed by atoms with Gasteiger partial charge in [-0.15, -0.1) is 0 Å². The number of aromatic nitrogens is 4. The molecule has 0 N–H and O–H groups in total. The summed E-state index contributed by atoms with van der Waals surface area (Å²) in [7, 11) is 0. The van der Waals surface area contributed by atoms with Gasteiger partial charge in [-0.05, 0) is 32.0 Å². The van der Waals surface area contributed by atoms with Crippen LogP contribution >= 0.6 is 0 Å². The van der Waals surface area contributed by atoms with Gasteiger partial charge in [0.15, 0.2) is 0 Å². The number of aryl methyl sites for hydroxylation is 1. The zero-order chi connectivity index (χ0) is 19.7. The third-order valence-electron chi connectivity index (χ3n) is 4.78. The molecule has 2 aromatic carbocycles. The second-order valence-corrected chi connectivity index (χ2v) is 6.58. The van der Waals surface area contributed by atoms with Crippen molar-refractivity contribution in [2.45, 2.75) is 26.9 Å². The number of halogens is 2. The lowest BCUT2D eigenvalue weighted by atomic mass is 10.1. The maximum absolute atomic E-state index is 14.2. The van der Waals surface area contributed by atoms with Crippen molar-refractivity contribution in [2.24, 2.45) is 0 Å². The normalized spacial score (nSPS) is 11.1. The van der Waals surface area contributed by atoms with Crippen molar-refractivity contribution in [3.63, 3.8) is 0 Å². The minimum absolute atomic E-state index is 0.139. The van der Waals surface area contributed by atoms with Crippen molar-refractivity contribution in [1.82, 2.24) is 19.1 Å². The van der Waals surface area contributed by atoms with E-state index in [0.717, 1.165) is 41.5 Å². The SMILES string of the molecule is CCn1c(Cn2ccnc2-c2cc(F)ccc2F)nc(C)c1-c1ccccc1. The van der Waals surface area contributed by atoms with Crippen LogP contribution in [-0.2, 0) is 13.1 Å². The molecule has 0 aliphatic rings. The van der Waals surface area contributed by atoms with E-state index < -0.39 is 11.6 Å². The zero-order valence-corrected chi connectivity index (χ0v) is 15.7. The van der Waals surface area contributed by atoms with E-state index >= 15 is 0 Å². The third kappa shape index (κ3) is 3.22.